The zero-order valence-electron chi connectivity index (χ0n) is 13.8. The number of nitrogens with one attached hydrogen (secondary N) is 2. The van der Waals surface area contributed by atoms with E-state index in [2.05, 4.69) is 27.4 Å². The number of guanidine groups is 1. The molecule has 1 aliphatic heterocycles. The third kappa shape index (κ3) is 3.71. The second kappa shape index (κ2) is 6.55. The highest BCUT2D eigenvalue weighted by Crippen LogP contribution is 2.43. The Morgan fingerprint density at radius 3 is 2.62 bits per heavy atom. The van der Waals surface area contributed by atoms with Gasteiger partial charge in [-0.1, -0.05) is 13.3 Å². The highest BCUT2D eigenvalue weighted by Gasteiger charge is 2.35. The lowest BCUT2D eigenvalue weighted by Gasteiger charge is -2.41. The summed E-state index contributed by atoms with van der Waals surface area (Å²) in [6.07, 6.45) is 9.67. The van der Waals surface area contributed by atoms with E-state index in [9.17, 15) is 0 Å². The Kier molecular flexibility index (Phi) is 4.72. The van der Waals surface area contributed by atoms with Crippen LogP contribution in [0.3, 0.4) is 0 Å². The lowest BCUT2D eigenvalue weighted by Crippen LogP contribution is -2.47. The summed E-state index contributed by atoms with van der Waals surface area (Å²) in [7, 11) is 1.89. The van der Waals surface area contributed by atoms with Crippen LogP contribution in [-0.4, -0.2) is 50.1 Å². The molecule has 3 rings (SSSR count). The van der Waals surface area contributed by atoms with Crippen LogP contribution in [0.25, 0.3) is 0 Å². The molecule has 0 radical (unpaired) electrons. The van der Waals surface area contributed by atoms with Crippen LogP contribution in [0.1, 0.15) is 51.9 Å². The summed E-state index contributed by atoms with van der Waals surface area (Å²) in [6, 6.07) is 0.926. The molecule has 4 heteroatoms. The molecule has 2 aliphatic carbocycles. The van der Waals surface area contributed by atoms with Crippen molar-refractivity contribution in [2.45, 2.75) is 57.9 Å². The van der Waals surface area contributed by atoms with Crippen molar-refractivity contribution in [3.63, 3.8) is 0 Å². The molecule has 120 valence electrons. The number of likely N-dealkylation sites (tertiary alicyclic amines) is 1. The van der Waals surface area contributed by atoms with Gasteiger partial charge in [0.25, 0.3) is 0 Å². The molecule has 3 fully saturated rings. The first kappa shape index (κ1) is 15.1. The number of hydrogen-bond donors (Lipinski definition) is 2. The van der Waals surface area contributed by atoms with E-state index in [1.165, 1.54) is 58.0 Å². The minimum absolute atomic E-state index is 0.549. The average Bonchev–Trinajstić information content (AvgIpc) is 3.21. The fourth-order valence-corrected chi connectivity index (χ4v) is 3.87. The SMILES string of the molecule is CCC1(CNC(=NC)NCC2CCN(C3CC3)C2)CCC1. The monoisotopic (exact) mass is 292 g/mol. The van der Waals surface area contributed by atoms with Crippen LogP contribution in [-0.2, 0) is 0 Å². The predicted molar refractivity (Wildman–Crippen MR) is 88.6 cm³/mol. The molecule has 3 aliphatic rings. The summed E-state index contributed by atoms with van der Waals surface area (Å²) >= 11 is 0. The zero-order valence-corrected chi connectivity index (χ0v) is 13.8. The van der Waals surface area contributed by atoms with Gasteiger partial charge in [-0.25, -0.2) is 0 Å². The molecule has 0 aromatic heterocycles. The molecular formula is C17H32N4. The van der Waals surface area contributed by atoms with Crippen LogP contribution in [0.2, 0.25) is 0 Å². The van der Waals surface area contributed by atoms with Gasteiger partial charge in [-0.15, -0.1) is 0 Å². The second-order valence-electron chi connectivity index (χ2n) is 7.39. The van der Waals surface area contributed by atoms with Gasteiger partial charge in [0, 0.05) is 32.7 Å². The fraction of sp³-hybridized carbons (Fsp3) is 0.941. The van der Waals surface area contributed by atoms with Crippen LogP contribution in [0.15, 0.2) is 4.99 Å². The van der Waals surface area contributed by atoms with Crippen molar-refractivity contribution < 1.29 is 0 Å². The van der Waals surface area contributed by atoms with Crippen LogP contribution < -0.4 is 10.6 Å². The van der Waals surface area contributed by atoms with E-state index >= 15 is 0 Å². The summed E-state index contributed by atoms with van der Waals surface area (Å²) in [5.41, 5.74) is 0.549. The molecule has 0 aromatic rings. The molecule has 1 atom stereocenters. The van der Waals surface area contributed by atoms with Gasteiger partial charge in [0.1, 0.15) is 0 Å². The fourth-order valence-electron chi connectivity index (χ4n) is 3.87. The summed E-state index contributed by atoms with van der Waals surface area (Å²) in [4.78, 5) is 7.08. The van der Waals surface area contributed by atoms with Crippen LogP contribution >= 0.6 is 0 Å². The topological polar surface area (TPSA) is 39.7 Å². The predicted octanol–water partition coefficient (Wildman–Crippen LogP) is 2.22. The van der Waals surface area contributed by atoms with Crippen LogP contribution in [0.5, 0.6) is 0 Å². The number of hydrogen-bond acceptors (Lipinski definition) is 2. The van der Waals surface area contributed by atoms with Crippen molar-refractivity contribution in [1.29, 1.82) is 0 Å². The highest BCUT2D eigenvalue weighted by atomic mass is 15.2. The van der Waals surface area contributed by atoms with Crippen LogP contribution in [0.4, 0.5) is 0 Å². The molecule has 0 spiro atoms. The molecule has 1 heterocycles. The molecule has 0 aromatic carbocycles. The maximum Gasteiger partial charge on any atom is 0.191 e. The Morgan fingerprint density at radius 2 is 2.05 bits per heavy atom. The van der Waals surface area contributed by atoms with Gasteiger partial charge in [0.05, 0.1) is 0 Å². The number of rotatable bonds is 6. The summed E-state index contributed by atoms with van der Waals surface area (Å²) in [6.45, 7) is 7.07. The van der Waals surface area contributed by atoms with E-state index in [0.717, 1.165) is 31.0 Å². The smallest absolute Gasteiger partial charge is 0.191 e. The number of aliphatic imine (C=N–C) groups is 1. The summed E-state index contributed by atoms with van der Waals surface area (Å²) in [5.74, 6) is 1.80. The third-order valence-corrected chi connectivity index (χ3v) is 5.96. The molecule has 2 saturated carbocycles. The summed E-state index contributed by atoms with van der Waals surface area (Å²) in [5, 5.41) is 7.11. The lowest BCUT2D eigenvalue weighted by atomic mass is 9.67. The van der Waals surface area contributed by atoms with E-state index in [0.29, 0.717) is 5.41 Å². The van der Waals surface area contributed by atoms with Gasteiger partial charge in [-0.2, -0.15) is 0 Å². The Hall–Kier alpha value is -0.770. The van der Waals surface area contributed by atoms with Gasteiger partial charge >= 0.3 is 0 Å². The molecule has 0 bridgehead atoms. The van der Waals surface area contributed by atoms with Crippen molar-refractivity contribution in [2.75, 3.05) is 33.2 Å². The van der Waals surface area contributed by atoms with E-state index in [1.807, 2.05) is 7.05 Å². The Balaban J connectivity index is 1.37. The standard InChI is InChI=1S/C17H32N4/c1-3-17(8-4-9-17)13-20-16(18-2)19-11-14-7-10-21(12-14)15-5-6-15/h14-15H,3-13H2,1-2H3,(H2,18,19,20). The van der Waals surface area contributed by atoms with E-state index < -0.39 is 0 Å². The third-order valence-electron chi connectivity index (χ3n) is 5.96. The first-order valence-electron chi connectivity index (χ1n) is 8.93. The van der Waals surface area contributed by atoms with E-state index in [-0.39, 0.29) is 0 Å². The Morgan fingerprint density at radius 1 is 1.24 bits per heavy atom. The van der Waals surface area contributed by atoms with Crippen LogP contribution in [0, 0.1) is 11.3 Å². The zero-order chi connectivity index (χ0) is 14.7. The Bertz CT molecular complexity index is 365. The molecule has 21 heavy (non-hydrogen) atoms. The number of nitrogens with zero attached hydrogens (tertiary/aromatic N) is 2. The van der Waals surface area contributed by atoms with Crippen molar-refractivity contribution in [1.82, 2.24) is 15.5 Å². The van der Waals surface area contributed by atoms with E-state index in [1.54, 1.807) is 0 Å². The maximum atomic E-state index is 4.39. The first-order chi connectivity index (χ1) is 10.2. The summed E-state index contributed by atoms with van der Waals surface area (Å²) < 4.78 is 0. The molecule has 2 N–H and O–H groups in total. The molecule has 4 nitrogen and oxygen atoms in total. The Labute approximate surface area is 129 Å². The lowest BCUT2D eigenvalue weighted by molar-refractivity contribution is 0.131. The second-order valence-corrected chi connectivity index (χ2v) is 7.39. The van der Waals surface area contributed by atoms with Gasteiger partial charge in [-0.05, 0) is 56.4 Å². The van der Waals surface area contributed by atoms with Crippen molar-refractivity contribution in [3.8, 4) is 0 Å². The van der Waals surface area contributed by atoms with Gasteiger partial charge in [0.2, 0.25) is 0 Å². The van der Waals surface area contributed by atoms with E-state index in [4.69, 9.17) is 0 Å². The van der Waals surface area contributed by atoms with Crippen molar-refractivity contribution in [3.05, 3.63) is 0 Å². The minimum atomic E-state index is 0.549. The van der Waals surface area contributed by atoms with Crippen molar-refractivity contribution in [2.24, 2.45) is 16.3 Å². The van der Waals surface area contributed by atoms with Gasteiger partial charge in [-0.3, -0.25) is 4.99 Å². The average molecular weight is 292 g/mol. The maximum absolute atomic E-state index is 4.39. The molecule has 1 saturated heterocycles. The molecule has 0 amide bonds. The van der Waals surface area contributed by atoms with Gasteiger partial charge < -0.3 is 15.5 Å². The first-order valence-corrected chi connectivity index (χ1v) is 8.93. The normalized spacial score (nSPS) is 29.2. The minimum Gasteiger partial charge on any atom is -0.356 e. The largest absolute Gasteiger partial charge is 0.356 e. The quantitative estimate of drug-likeness (QED) is 0.582. The molecular weight excluding hydrogens is 260 g/mol. The van der Waals surface area contributed by atoms with Gasteiger partial charge in [0.15, 0.2) is 5.96 Å². The van der Waals surface area contributed by atoms with Crippen molar-refractivity contribution >= 4 is 5.96 Å². The highest BCUT2D eigenvalue weighted by molar-refractivity contribution is 5.79. The molecule has 1 unspecified atom stereocenters.